The van der Waals surface area contributed by atoms with Crippen LogP contribution >= 0.6 is 11.8 Å². The van der Waals surface area contributed by atoms with Crippen LogP contribution in [0.25, 0.3) is 11.1 Å². The van der Waals surface area contributed by atoms with Crippen LogP contribution in [-0.4, -0.2) is 29.1 Å². The molecule has 2 aliphatic heterocycles. The molecular formula is C37H35N3O2S. The van der Waals surface area contributed by atoms with Gasteiger partial charge in [-0.1, -0.05) is 68.4 Å². The van der Waals surface area contributed by atoms with E-state index in [0.29, 0.717) is 16.6 Å². The molecule has 4 aromatic rings. The minimum Gasteiger partial charge on any atom is -0.457 e. The second kappa shape index (κ2) is 12.0. The Morgan fingerprint density at radius 1 is 0.767 bits per heavy atom. The molecule has 1 fully saturated rings. The van der Waals surface area contributed by atoms with Crippen LogP contribution in [0.2, 0.25) is 0 Å². The summed E-state index contributed by atoms with van der Waals surface area (Å²) in [6.07, 6.45) is 4.09. The zero-order chi connectivity index (χ0) is 30.0. The fourth-order valence-electron chi connectivity index (χ4n) is 5.69. The number of allylic oxidation sites excluding steroid dienone is 3. The fourth-order valence-corrected chi connectivity index (χ4v) is 6.69. The van der Waals surface area contributed by atoms with Gasteiger partial charge in [-0.2, -0.15) is 0 Å². The van der Waals surface area contributed by atoms with Gasteiger partial charge in [-0.15, -0.1) is 0 Å². The summed E-state index contributed by atoms with van der Waals surface area (Å²) in [6, 6.07) is 34.5. The largest absolute Gasteiger partial charge is 0.457 e. The van der Waals surface area contributed by atoms with Gasteiger partial charge in [-0.3, -0.25) is 9.69 Å². The minimum absolute atomic E-state index is 0.0186. The standard InChI is InChI=1S/C37H35N3O2S/c1-5-39-32-22-17-27(26-13-9-7-10-14-26)25-31(32)37(3,4)34(39)24-23-33-35(41)40(6-2)36(43-33)38-28-18-20-30(21-19-28)42-29-15-11-8-12-16-29/h7-25H,5-6H2,1-4H3/b33-23-,34-24-,38-36?. The van der Waals surface area contributed by atoms with Gasteiger partial charge in [-0.05, 0) is 103 Å². The molecule has 0 aliphatic carbocycles. The molecule has 0 unspecified atom stereocenters. The first-order valence-electron chi connectivity index (χ1n) is 14.7. The highest BCUT2D eigenvalue weighted by Crippen LogP contribution is 2.49. The van der Waals surface area contributed by atoms with Crippen molar-refractivity contribution in [1.82, 2.24) is 4.90 Å². The number of aliphatic imine (C=N–C) groups is 1. The number of anilines is 1. The van der Waals surface area contributed by atoms with Gasteiger partial charge in [0.15, 0.2) is 5.17 Å². The summed E-state index contributed by atoms with van der Waals surface area (Å²) in [7, 11) is 0. The van der Waals surface area contributed by atoms with Crippen LogP contribution in [0.15, 0.2) is 131 Å². The predicted molar refractivity (Wildman–Crippen MR) is 179 cm³/mol. The average Bonchev–Trinajstić information content (AvgIpc) is 3.45. The van der Waals surface area contributed by atoms with Crippen molar-refractivity contribution in [3.05, 3.63) is 131 Å². The summed E-state index contributed by atoms with van der Waals surface area (Å²) in [4.78, 5) is 23.0. The van der Waals surface area contributed by atoms with Gasteiger partial charge < -0.3 is 9.64 Å². The maximum absolute atomic E-state index is 13.4. The molecule has 0 radical (unpaired) electrons. The Kier molecular flexibility index (Phi) is 7.96. The van der Waals surface area contributed by atoms with Crippen LogP contribution in [0.4, 0.5) is 11.4 Å². The number of carbonyl (C=O) groups is 1. The molecule has 0 saturated carbocycles. The number of nitrogens with zero attached hydrogens (tertiary/aromatic N) is 3. The first-order valence-corrected chi connectivity index (χ1v) is 15.5. The van der Waals surface area contributed by atoms with E-state index >= 15 is 0 Å². The first kappa shape index (κ1) is 28.6. The molecule has 0 N–H and O–H groups in total. The lowest BCUT2D eigenvalue weighted by molar-refractivity contribution is -0.122. The lowest BCUT2D eigenvalue weighted by atomic mass is 9.82. The number of rotatable bonds is 7. The Morgan fingerprint density at radius 2 is 1.42 bits per heavy atom. The maximum Gasteiger partial charge on any atom is 0.266 e. The molecule has 0 atom stereocenters. The van der Waals surface area contributed by atoms with Crippen LogP contribution in [-0.2, 0) is 10.2 Å². The van der Waals surface area contributed by atoms with E-state index < -0.39 is 0 Å². The molecule has 5 nitrogen and oxygen atoms in total. The summed E-state index contributed by atoms with van der Waals surface area (Å²) >= 11 is 1.42. The van der Waals surface area contributed by atoms with Gasteiger partial charge in [-0.25, -0.2) is 4.99 Å². The van der Waals surface area contributed by atoms with Crippen molar-refractivity contribution < 1.29 is 9.53 Å². The van der Waals surface area contributed by atoms with Crippen molar-refractivity contribution in [2.75, 3.05) is 18.0 Å². The second-order valence-electron chi connectivity index (χ2n) is 11.0. The van der Waals surface area contributed by atoms with Gasteiger partial charge in [0.05, 0.1) is 10.6 Å². The van der Waals surface area contributed by atoms with E-state index in [-0.39, 0.29) is 11.3 Å². The second-order valence-corrected chi connectivity index (χ2v) is 12.0. The zero-order valence-corrected chi connectivity index (χ0v) is 25.8. The van der Waals surface area contributed by atoms with Crippen LogP contribution < -0.4 is 9.64 Å². The van der Waals surface area contributed by atoms with Gasteiger partial charge in [0.25, 0.3) is 5.91 Å². The zero-order valence-electron chi connectivity index (χ0n) is 25.0. The minimum atomic E-state index is -0.218. The van der Waals surface area contributed by atoms with E-state index in [0.717, 1.165) is 23.7 Å². The van der Waals surface area contributed by atoms with Crippen LogP contribution in [0.5, 0.6) is 11.5 Å². The summed E-state index contributed by atoms with van der Waals surface area (Å²) in [6.45, 7) is 10.1. The average molecular weight is 586 g/mol. The summed E-state index contributed by atoms with van der Waals surface area (Å²) < 4.78 is 5.91. The quantitative estimate of drug-likeness (QED) is 0.203. The Bertz CT molecular complexity index is 1730. The third kappa shape index (κ3) is 5.63. The van der Waals surface area contributed by atoms with Crippen molar-refractivity contribution in [1.29, 1.82) is 0 Å². The number of hydrogen-bond acceptors (Lipinski definition) is 5. The number of amidine groups is 1. The van der Waals surface area contributed by atoms with E-state index in [4.69, 9.17) is 9.73 Å². The van der Waals surface area contributed by atoms with Crippen LogP contribution in [0.1, 0.15) is 33.3 Å². The molecule has 6 heteroatoms. The molecule has 0 aromatic heterocycles. The van der Waals surface area contributed by atoms with E-state index in [9.17, 15) is 4.79 Å². The molecular weight excluding hydrogens is 550 g/mol. The number of benzene rings is 4. The van der Waals surface area contributed by atoms with E-state index in [1.807, 2.05) is 73.7 Å². The van der Waals surface area contributed by atoms with E-state index in [1.165, 1.54) is 39.8 Å². The van der Waals surface area contributed by atoms with Crippen molar-refractivity contribution in [2.24, 2.45) is 4.99 Å². The molecule has 216 valence electrons. The maximum atomic E-state index is 13.4. The number of fused-ring (bicyclic) bond motifs is 1. The topological polar surface area (TPSA) is 45.1 Å². The highest BCUT2D eigenvalue weighted by molar-refractivity contribution is 8.18. The number of ether oxygens (including phenoxy) is 1. The van der Waals surface area contributed by atoms with E-state index in [2.05, 4.69) is 74.2 Å². The molecule has 2 heterocycles. The monoisotopic (exact) mass is 585 g/mol. The van der Waals surface area contributed by atoms with Crippen LogP contribution in [0, 0.1) is 0 Å². The van der Waals surface area contributed by atoms with Gasteiger partial charge >= 0.3 is 0 Å². The smallest absolute Gasteiger partial charge is 0.266 e. The molecule has 0 spiro atoms. The third-order valence-electron chi connectivity index (χ3n) is 7.95. The third-order valence-corrected chi connectivity index (χ3v) is 8.98. The van der Waals surface area contributed by atoms with Crippen LogP contribution in [0.3, 0.4) is 0 Å². The molecule has 1 amide bonds. The van der Waals surface area contributed by atoms with E-state index in [1.54, 1.807) is 4.90 Å². The first-order chi connectivity index (χ1) is 20.9. The number of para-hydroxylation sites is 1. The van der Waals surface area contributed by atoms with Crippen molar-refractivity contribution in [2.45, 2.75) is 33.1 Å². The lowest BCUT2D eigenvalue weighted by Gasteiger charge is -2.25. The Hall–Kier alpha value is -4.55. The molecule has 43 heavy (non-hydrogen) atoms. The lowest BCUT2D eigenvalue weighted by Crippen LogP contribution is -2.28. The normalized spacial score (nSPS) is 18.6. The molecule has 0 bridgehead atoms. The Morgan fingerprint density at radius 3 is 2.09 bits per heavy atom. The van der Waals surface area contributed by atoms with Crippen molar-refractivity contribution >= 4 is 34.2 Å². The number of likely N-dealkylation sites (N-methyl/N-ethyl adjacent to an activating group) is 2. The van der Waals surface area contributed by atoms with Gasteiger partial charge in [0, 0.05) is 29.9 Å². The molecule has 4 aromatic carbocycles. The fraction of sp³-hybridized carbons (Fsp3) is 0.189. The summed E-state index contributed by atoms with van der Waals surface area (Å²) in [5, 5.41) is 0.683. The van der Waals surface area contributed by atoms with Gasteiger partial charge in [0.1, 0.15) is 11.5 Å². The number of carbonyl (C=O) groups excluding carboxylic acids is 1. The van der Waals surface area contributed by atoms with Crippen molar-refractivity contribution in [3.8, 4) is 22.6 Å². The van der Waals surface area contributed by atoms with Crippen molar-refractivity contribution in [3.63, 3.8) is 0 Å². The highest BCUT2D eigenvalue weighted by Gasteiger charge is 2.40. The summed E-state index contributed by atoms with van der Waals surface area (Å²) in [5.41, 5.74) is 6.67. The molecule has 1 saturated heterocycles. The highest BCUT2D eigenvalue weighted by atomic mass is 32.2. The Labute approximate surface area is 258 Å². The number of thioether (sulfide) groups is 1. The predicted octanol–water partition coefficient (Wildman–Crippen LogP) is 9.31. The van der Waals surface area contributed by atoms with Gasteiger partial charge in [0.2, 0.25) is 0 Å². The number of amides is 1. The number of hydrogen-bond donors (Lipinski definition) is 0. The Balaban J connectivity index is 1.26. The summed E-state index contributed by atoms with van der Waals surface area (Å²) in [5.74, 6) is 1.50. The SMILES string of the molecule is CCN1C(=O)/C(=C/C=C2\N(CC)c3ccc(-c4ccccc4)cc3C2(C)C)SC1=Nc1ccc(Oc2ccccc2)cc1. The molecule has 6 rings (SSSR count). The molecule has 2 aliphatic rings.